The van der Waals surface area contributed by atoms with Crippen molar-refractivity contribution in [3.8, 4) is 0 Å². The van der Waals surface area contributed by atoms with Crippen LogP contribution in [0.4, 0.5) is 20.2 Å². The standard InChI is InChI=1S/C16H22F2N4O3/c1-21(2)13(8-19)16(24)20-10-3-4-12(11(7-10)15(17)18)22-5-6-25-9-14(22)23/h3-4,7,13,15H,5-6,8-9,19H2,1-2H3,(H,20,24)/t13-/m0/s1. The van der Waals surface area contributed by atoms with Crippen molar-refractivity contribution in [2.75, 3.05) is 50.6 Å². The minimum absolute atomic E-state index is 0.0981. The molecule has 1 aliphatic heterocycles. The third kappa shape index (κ3) is 4.50. The zero-order valence-corrected chi connectivity index (χ0v) is 14.2. The Balaban J connectivity index is 2.26. The summed E-state index contributed by atoms with van der Waals surface area (Å²) in [5.41, 5.74) is 5.60. The molecule has 0 aliphatic carbocycles. The fraction of sp³-hybridized carbons (Fsp3) is 0.500. The van der Waals surface area contributed by atoms with Crippen molar-refractivity contribution in [2.24, 2.45) is 5.73 Å². The molecule has 138 valence electrons. The molecule has 3 N–H and O–H groups in total. The van der Waals surface area contributed by atoms with Crippen LogP contribution in [0.3, 0.4) is 0 Å². The van der Waals surface area contributed by atoms with Gasteiger partial charge in [0.15, 0.2) is 0 Å². The number of rotatable bonds is 6. The molecule has 1 aromatic carbocycles. The lowest BCUT2D eigenvalue weighted by atomic mass is 10.1. The minimum Gasteiger partial charge on any atom is -0.370 e. The largest absolute Gasteiger partial charge is 0.370 e. The van der Waals surface area contributed by atoms with Gasteiger partial charge >= 0.3 is 0 Å². The van der Waals surface area contributed by atoms with Gasteiger partial charge in [-0.15, -0.1) is 0 Å². The van der Waals surface area contributed by atoms with Crippen molar-refractivity contribution in [2.45, 2.75) is 12.5 Å². The van der Waals surface area contributed by atoms with Gasteiger partial charge in [0.2, 0.25) is 5.91 Å². The van der Waals surface area contributed by atoms with E-state index < -0.39 is 12.5 Å². The second-order valence-electron chi connectivity index (χ2n) is 5.88. The fourth-order valence-corrected chi connectivity index (χ4v) is 2.60. The molecule has 0 radical (unpaired) electrons. The number of nitrogens with zero attached hydrogens (tertiary/aromatic N) is 2. The Morgan fingerprint density at radius 2 is 2.16 bits per heavy atom. The number of nitrogens with two attached hydrogens (primary N) is 1. The zero-order chi connectivity index (χ0) is 18.6. The number of benzene rings is 1. The third-order valence-corrected chi connectivity index (χ3v) is 3.96. The number of halogens is 2. The maximum atomic E-state index is 13.5. The number of alkyl halides is 2. The molecule has 0 aromatic heterocycles. The molecule has 25 heavy (non-hydrogen) atoms. The normalized spacial score (nSPS) is 16.4. The Bertz CT molecular complexity index is 640. The van der Waals surface area contributed by atoms with Gasteiger partial charge in [-0.1, -0.05) is 0 Å². The Labute approximate surface area is 144 Å². The van der Waals surface area contributed by atoms with Gasteiger partial charge in [0, 0.05) is 24.3 Å². The molecule has 0 saturated carbocycles. The molecule has 0 unspecified atom stereocenters. The summed E-state index contributed by atoms with van der Waals surface area (Å²) in [6.45, 7) is 0.455. The highest BCUT2D eigenvalue weighted by Crippen LogP contribution is 2.33. The van der Waals surface area contributed by atoms with Crippen LogP contribution >= 0.6 is 0 Å². The molecule has 2 amide bonds. The Hall–Kier alpha value is -2.10. The molecule has 9 heteroatoms. The van der Waals surface area contributed by atoms with Gasteiger partial charge in [-0.3, -0.25) is 14.5 Å². The first-order valence-electron chi connectivity index (χ1n) is 7.82. The second kappa shape index (κ2) is 8.32. The smallest absolute Gasteiger partial charge is 0.265 e. The Kier molecular flexibility index (Phi) is 6.40. The first-order valence-corrected chi connectivity index (χ1v) is 7.82. The van der Waals surface area contributed by atoms with E-state index in [1.54, 1.807) is 19.0 Å². The number of likely N-dealkylation sites (N-methyl/N-ethyl adjacent to an activating group) is 1. The van der Waals surface area contributed by atoms with Crippen LogP contribution in [0.25, 0.3) is 0 Å². The van der Waals surface area contributed by atoms with Crippen molar-refractivity contribution >= 4 is 23.2 Å². The van der Waals surface area contributed by atoms with E-state index in [9.17, 15) is 18.4 Å². The molecule has 1 heterocycles. The monoisotopic (exact) mass is 356 g/mol. The second-order valence-corrected chi connectivity index (χ2v) is 5.88. The van der Waals surface area contributed by atoms with Gasteiger partial charge in [-0.25, -0.2) is 8.78 Å². The molecule has 1 atom stereocenters. The summed E-state index contributed by atoms with van der Waals surface area (Å²) in [6, 6.07) is 3.51. The van der Waals surface area contributed by atoms with E-state index in [-0.39, 0.29) is 55.1 Å². The van der Waals surface area contributed by atoms with E-state index in [2.05, 4.69) is 5.32 Å². The lowest BCUT2D eigenvalue weighted by molar-refractivity contribution is -0.125. The predicted octanol–water partition coefficient (Wildman–Crippen LogP) is 0.815. The van der Waals surface area contributed by atoms with Gasteiger partial charge in [0.05, 0.1) is 12.3 Å². The summed E-state index contributed by atoms with van der Waals surface area (Å²) >= 11 is 0. The number of hydrogen-bond donors (Lipinski definition) is 2. The third-order valence-electron chi connectivity index (χ3n) is 3.96. The van der Waals surface area contributed by atoms with Crippen LogP contribution in [-0.2, 0) is 14.3 Å². The van der Waals surface area contributed by atoms with E-state index in [0.717, 1.165) is 0 Å². The maximum Gasteiger partial charge on any atom is 0.265 e. The van der Waals surface area contributed by atoms with Crippen LogP contribution in [0.15, 0.2) is 18.2 Å². The highest BCUT2D eigenvalue weighted by Gasteiger charge is 2.26. The summed E-state index contributed by atoms with van der Waals surface area (Å²) in [7, 11) is 3.41. The van der Waals surface area contributed by atoms with Crippen molar-refractivity contribution in [3.05, 3.63) is 23.8 Å². The number of anilines is 2. The number of carbonyl (C=O) groups is 2. The van der Waals surface area contributed by atoms with Crippen LogP contribution in [0, 0.1) is 0 Å². The molecule has 1 saturated heterocycles. The van der Waals surface area contributed by atoms with Crippen LogP contribution in [0.2, 0.25) is 0 Å². The average Bonchev–Trinajstić information content (AvgIpc) is 2.55. The molecular weight excluding hydrogens is 334 g/mol. The molecule has 1 aromatic rings. The number of ether oxygens (including phenoxy) is 1. The van der Waals surface area contributed by atoms with Gasteiger partial charge < -0.3 is 20.7 Å². The quantitative estimate of drug-likeness (QED) is 0.788. The van der Waals surface area contributed by atoms with E-state index in [0.29, 0.717) is 0 Å². The van der Waals surface area contributed by atoms with Crippen LogP contribution in [0.5, 0.6) is 0 Å². The van der Waals surface area contributed by atoms with Gasteiger partial charge in [0.1, 0.15) is 12.6 Å². The Morgan fingerprint density at radius 3 is 2.72 bits per heavy atom. The van der Waals surface area contributed by atoms with Crippen LogP contribution < -0.4 is 16.0 Å². The average molecular weight is 356 g/mol. The number of hydrogen-bond acceptors (Lipinski definition) is 5. The maximum absolute atomic E-state index is 13.5. The van der Waals surface area contributed by atoms with Crippen molar-refractivity contribution in [3.63, 3.8) is 0 Å². The topological polar surface area (TPSA) is 87.9 Å². The van der Waals surface area contributed by atoms with E-state index in [1.165, 1.54) is 23.1 Å². The molecule has 0 bridgehead atoms. The fourth-order valence-electron chi connectivity index (χ4n) is 2.60. The molecule has 0 spiro atoms. The SMILES string of the molecule is CN(C)[C@@H](CN)C(=O)Nc1ccc(N2CCOCC2=O)c(C(F)F)c1. The summed E-state index contributed by atoms with van der Waals surface area (Å²) in [5.74, 6) is -0.761. The Morgan fingerprint density at radius 1 is 1.44 bits per heavy atom. The molecule has 1 fully saturated rings. The van der Waals surface area contributed by atoms with Gasteiger partial charge in [-0.05, 0) is 32.3 Å². The molecule has 7 nitrogen and oxygen atoms in total. The number of nitrogens with one attached hydrogen (secondary N) is 1. The number of morpholine rings is 1. The first kappa shape index (κ1) is 19.2. The van der Waals surface area contributed by atoms with Crippen molar-refractivity contribution in [1.29, 1.82) is 0 Å². The molecular formula is C16H22F2N4O3. The highest BCUT2D eigenvalue weighted by molar-refractivity contribution is 5.97. The number of carbonyl (C=O) groups excluding carboxylic acids is 2. The van der Waals surface area contributed by atoms with Gasteiger partial charge in [-0.2, -0.15) is 0 Å². The van der Waals surface area contributed by atoms with Gasteiger partial charge in [0.25, 0.3) is 12.3 Å². The molecule has 2 rings (SSSR count). The van der Waals surface area contributed by atoms with Crippen molar-refractivity contribution < 1.29 is 23.1 Å². The summed E-state index contributed by atoms with van der Waals surface area (Å²) in [5, 5.41) is 2.59. The highest BCUT2D eigenvalue weighted by atomic mass is 19.3. The van der Waals surface area contributed by atoms with Crippen molar-refractivity contribution in [1.82, 2.24) is 4.90 Å². The summed E-state index contributed by atoms with van der Waals surface area (Å²) in [6.07, 6.45) is -2.79. The predicted molar refractivity (Wildman–Crippen MR) is 89.7 cm³/mol. The molecule has 1 aliphatic rings. The summed E-state index contributed by atoms with van der Waals surface area (Å²) < 4.78 is 32.0. The van der Waals surface area contributed by atoms with E-state index in [1.807, 2.05) is 0 Å². The van der Waals surface area contributed by atoms with E-state index in [4.69, 9.17) is 10.5 Å². The van der Waals surface area contributed by atoms with E-state index >= 15 is 0 Å². The number of amides is 2. The lowest BCUT2D eigenvalue weighted by Gasteiger charge is -2.29. The zero-order valence-electron chi connectivity index (χ0n) is 14.2. The first-order chi connectivity index (χ1) is 11.8. The van der Waals surface area contributed by atoms with Crippen LogP contribution in [-0.4, -0.2) is 63.2 Å². The lowest BCUT2D eigenvalue weighted by Crippen LogP contribution is -2.45. The minimum atomic E-state index is -2.79. The van der Waals surface area contributed by atoms with Crippen LogP contribution in [0.1, 0.15) is 12.0 Å². The summed E-state index contributed by atoms with van der Waals surface area (Å²) in [4.78, 5) is 27.0.